The van der Waals surface area contributed by atoms with E-state index in [1.54, 1.807) is 0 Å². The average molecular weight is 359 g/mol. The van der Waals surface area contributed by atoms with Gasteiger partial charge in [0.2, 0.25) is 0 Å². The van der Waals surface area contributed by atoms with Crippen LogP contribution in [0.5, 0.6) is 0 Å². The Morgan fingerprint density at radius 1 is 0.731 bits per heavy atom. The molecule has 0 atom stereocenters. The van der Waals surface area contributed by atoms with Crippen molar-refractivity contribution in [2.75, 3.05) is 0 Å². The van der Waals surface area contributed by atoms with Gasteiger partial charge in [-0.1, -0.05) is 108 Å². The van der Waals surface area contributed by atoms with Crippen LogP contribution in [0.25, 0.3) is 0 Å². The quantitative estimate of drug-likeness (QED) is 0.186. The van der Waals surface area contributed by atoms with Crippen LogP contribution < -0.4 is 0 Å². The molecule has 0 radical (unpaired) electrons. The van der Waals surface area contributed by atoms with Gasteiger partial charge >= 0.3 is 5.97 Å². The van der Waals surface area contributed by atoms with Gasteiger partial charge in [-0.05, 0) is 31.3 Å². The lowest BCUT2D eigenvalue weighted by molar-refractivity contribution is -0.132. The summed E-state index contributed by atoms with van der Waals surface area (Å²) in [5.74, 6) is -0.816. The summed E-state index contributed by atoms with van der Waals surface area (Å²) in [5, 5.41) is 9.17. The van der Waals surface area contributed by atoms with Crippen molar-refractivity contribution in [1.82, 2.24) is 0 Å². The first kappa shape index (κ1) is 24.2. The second kappa shape index (κ2) is 18.0. The van der Waals surface area contributed by atoms with Crippen molar-refractivity contribution in [2.24, 2.45) is 0 Å². The monoisotopic (exact) mass is 358 g/mol. The molecule has 0 saturated heterocycles. The minimum atomic E-state index is -0.816. The predicted octanol–water partition coefficient (Wildman–Crippen LogP) is 7.55. The van der Waals surface area contributed by atoms with Crippen molar-refractivity contribution in [3.8, 4) is 0 Å². The fourth-order valence-electron chi connectivity index (χ4n) is 2.77. The van der Waals surface area contributed by atoms with E-state index < -0.39 is 5.97 Å². The molecule has 0 fully saturated rings. The van der Waals surface area contributed by atoms with E-state index in [4.69, 9.17) is 0 Å². The molecule has 146 valence electrons. The lowest BCUT2D eigenvalue weighted by Gasteiger charge is -2.03. The van der Waals surface area contributed by atoms with Crippen molar-refractivity contribution in [3.63, 3.8) is 0 Å². The van der Waals surface area contributed by atoms with E-state index in [9.17, 15) is 9.90 Å². The van der Waals surface area contributed by atoms with E-state index in [1.807, 2.05) is 50.3 Å². The summed E-state index contributed by atoms with van der Waals surface area (Å²) in [6, 6.07) is 0. The molecule has 0 aliphatic heterocycles. The van der Waals surface area contributed by atoms with E-state index in [1.165, 1.54) is 44.9 Å². The molecular weight excluding hydrogens is 320 g/mol. The van der Waals surface area contributed by atoms with Crippen LogP contribution in [0.1, 0.15) is 85.0 Å². The molecule has 2 heteroatoms. The third kappa shape index (κ3) is 13.5. The molecule has 0 saturated carbocycles. The van der Waals surface area contributed by atoms with E-state index in [0.717, 1.165) is 18.4 Å². The number of hydrogen-bond donors (Lipinski definition) is 1. The van der Waals surface area contributed by atoms with Gasteiger partial charge < -0.3 is 5.11 Å². The van der Waals surface area contributed by atoms with Crippen molar-refractivity contribution < 1.29 is 9.90 Å². The number of hydrogen-bond acceptors (Lipinski definition) is 1. The van der Waals surface area contributed by atoms with Crippen LogP contribution in [-0.2, 0) is 4.79 Å². The molecule has 0 heterocycles. The Labute approximate surface area is 161 Å². The number of rotatable bonds is 15. The van der Waals surface area contributed by atoms with Gasteiger partial charge in [-0.15, -0.1) is 0 Å². The number of carboxylic acids is 1. The van der Waals surface area contributed by atoms with Crippen LogP contribution in [0.2, 0.25) is 0 Å². The molecule has 2 nitrogen and oxygen atoms in total. The van der Waals surface area contributed by atoms with E-state index in [2.05, 4.69) is 19.1 Å². The molecule has 0 spiro atoms. The number of carbonyl (C=O) groups is 1. The van der Waals surface area contributed by atoms with E-state index >= 15 is 0 Å². The Morgan fingerprint density at radius 3 is 1.88 bits per heavy atom. The smallest absolute Gasteiger partial charge is 0.331 e. The van der Waals surface area contributed by atoms with Gasteiger partial charge in [0.1, 0.15) is 0 Å². The highest BCUT2D eigenvalue weighted by atomic mass is 16.4. The van der Waals surface area contributed by atoms with Gasteiger partial charge in [-0.25, -0.2) is 4.79 Å². The summed E-state index contributed by atoms with van der Waals surface area (Å²) >= 11 is 0. The molecule has 0 aromatic rings. The van der Waals surface area contributed by atoms with Gasteiger partial charge in [0, 0.05) is 5.57 Å². The molecule has 0 rings (SSSR count). The Bertz CT molecular complexity index is 504. The van der Waals surface area contributed by atoms with E-state index in [-0.39, 0.29) is 0 Å². The zero-order chi connectivity index (χ0) is 19.5. The Balaban J connectivity index is 4.01. The maximum absolute atomic E-state index is 11.2. The molecule has 0 aromatic heterocycles. The normalized spacial score (nSPS) is 13.5. The zero-order valence-electron chi connectivity index (χ0n) is 17.0. The molecule has 1 N–H and O–H groups in total. The maximum Gasteiger partial charge on any atom is 0.331 e. The SMILES string of the molecule is CCCCCCCCCC=CC=CC=CC=CC(CC)=C(CC)C(=O)O. The molecule has 0 bridgehead atoms. The van der Waals surface area contributed by atoms with Crippen LogP contribution >= 0.6 is 0 Å². The number of allylic oxidation sites excluding steroid dienone is 9. The topological polar surface area (TPSA) is 37.3 Å². The summed E-state index contributed by atoms with van der Waals surface area (Å²) < 4.78 is 0. The van der Waals surface area contributed by atoms with Crippen molar-refractivity contribution in [3.05, 3.63) is 59.8 Å². The average Bonchev–Trinajstić information content (AvgIpc) is 2.63. The van der Waals surface area contributed by atoms with Gasteiger partial charge in [-0.3, -0.25) is 0 Å². The second-order valence-electron chi connectivity index (χ2n) is 6.48. The first-order chi connectivity index (χ1) is 12.7. The first-order valence-electron chi connectivity index (χ1n) is 10.3. The van der Waals surface area contributed by atoms with Crippen LogP contribution in [-0.4, -0.2) is 11.1 Å². The summed E-state index contributed by atoms with van der Waals surface area (Å²) in [7, 11) is 0. The molecule has 26 heavy (non-hydrogen) atoms. The number of unbranched alkanes of at least 4 members (excludes halogenated alkanes) is 7. The fourth-order valence-corrected chi connectivity index (χ4v) is 2.77. The van der Waals surface area contributed by atoms with Gasteiger partial charge in [-0.2, -0.15) is 0 Å². The predicted molar refractivity (Wildman–Crippen MR) is 114 cm³/mol. The molecule has 0 aromatic carbocycles. The minimum Gasteiger partial charge on any atom is -0.478 e. The van der Waals surface area contributed by atoms with Crippen molar-refractivity contribution >= 4 is 5.97 Å². The Morgan fingerprint density at radius 2 is 1.31 bits per heavy atom. The lowest BCUT2D eigenvalue weighted by atomic mass is 10.0. The van der Waals surface area contributed by atoms with Crippen LogP contribution in [0.4, 0.5) is 0 Å². The molecule has 0 amide bonds. The minimum absolute atomic E-state index is 0.501. The number of carboxylic acid groups (broad SMARTS) is 1. The fraction of sp³-hybridized carbons (Fsp3) is 0.542. The van der Waals surface area contributed by atoms with Gasteiger partial charge in [0.05, 0.1) is 0 Å². The number of aliphatic carboxylic acids is 1. The van der Waals surface area contributed by atoms with E-state index in [0.29, 0.717) is 12.0 Å². The maximum atomic E-state index is 11.2. The van der Waals surface area contributed by atoms with Gasteiger partial charge in [0.15, 0.2) is 0 Å². The third-order valence-corrected chi connectivity index (χ3v) is 4.34. The highest BCUT2D eigenvalue weighted by molar-refractivity contribution is 5.88. The van der Waals surface area contributed by atoms with Gasteiger partial charge in [0.25, 0.3) is 0 Å². The Kier molecular flexibility index (Phi) is 16.7. The van der Waals surface area contributed by atoms with Crippen LogP contribution in [0.3, 0.4) is 0 Å². The van der Waals surface area contributed by atoms with Crippen LogP contribution in [0, 0.1) is 0 Å². The molecular formula is C24H38O2. The molecule has 0 aliphatic rings. The zero-order valence-corrected chi connectivity index (χ0v) is 17.0. The largest absolute Gasteiger partial charge is 0.478 e. The summed E-state index contributed by atoms with van der Waals surface area (Å²) in [6.07, 6.45) is 28.0. The summed E-state index contributed by atoms with van der Waals surface area (Å²) in [5.41, 5.74) is 1.39. The second-order valence-corrected chi connectivity index (χ2v) is 6.48. The Hall–Kier alpha value is -1.83. The van der Waals surface area contributed by atoms with Crippen molar-refractivity contribution in [2.45, 2.75) is 85.0 Å². The highest BCUT2D eigenvalue weighted by Gasteiger charge is 2.08. The summed E-state index contributed by atoms with van der Waals surface area (Å²) in [4.78, 5) is 11.2. The standard InChI is InChI=1S/C24H38O2/c1-4-7-8-9-10-11-12-13-14-15-16-17-18-19-20-21-22(5-2)23(6-3)24(25)26/h14-21H,4-13H2,1-3H3,(H,25,26). The highest BCUT2D eigenvalue weighted by Crippen LogP contribution is 2.14. The lowest BCUT2D eigenvalue weighted by Crippen LogP contribution is -2.02. The van der Waals surface area contributed by atoms with Crippen molar-refractivity contribution in [1.29, 1.82) is 0 Å². The third-order valence-electron chi connectivity index (χ3n) is 4.34. The first-order valence-corrected chi connectivity index (χ1v) is 10.3. The molecule has 0 unspecified atom stereocenters. The van der Waals surface area contributed by atoms with Crippen LogP contribution in [0.15, 0.2) is 59.8 Å². The molecule has 0 aliphatic carbocycles. The summed E-state index contributed by atoms with van der Waals surface area (Å²) in [6.45, 7) is 6.12.